The first kappa shape index (κ1) is 14.0. The average molecular weight is 248 g/mol. The molecule has 16 heavy (non-hydrogen) atoms. The fourth-order valence-electron chi connectivity index (χ4n) is 2.57. The van der Waals surface area contributed by atoms with E-state index in [1.807, 2.05) is 0 Å². The molecule has 1 aliphatic carbocycles. The monoisotopic (exact) mass is 248 g/mol. The third kappa shape index (κ3) is 5.85. The number of hydrogen-bond donors (Lipinski definition) is 0. The maximum absolute atomic E-state index is 10.7. The molecule has 0 aromatic carbocycles. The van der Waals surface area contributed by atoms with Gasteiger partial charge in [0.05, 0.1) is 12.9 Å². The molecule has 0 heterocycles. The second-order valence-electron chi connectivity index (χ2n) is 5.79. The Morgan fingerprint density at radius 2 is 2.00 bits per heavy atom. The van der Waals surface area contributed by atoms with Gasteiger partial charge in [-0.3, -0.25) is 4.18 Å². The minimum atomic E-state index is -3.24. The van der Waals surface area contributed by atoms with E-state index in [9.17, 15) is 8.42 Å². The summed E-state index contributed by atoms with van der Waals surface area (Å²) in [5.74, 6) is 0.841. The van der Waals surface area contributed by atoms with E-state index in [0.717, 1.165) is 25.0 Å². The van der Waals surface area contributed by atoms with E-state index < -0.39 is 10.1 Å². The van der Waals surface area contributed by atoms with E-state index in [-0.39, 0.29) is 0 Å². The summed E-state index contributed by atoms with van der Waals surface area (Å²) < 4.78 is 26.1. The Balaban J connectivity index is 2.05. The van der Waals surface area contributed by atoms with Gasteiger partial charge in [0.25, 0.3) is 10.1 Å². The SMILES string of the molecule is CC1(C)CCC(CCCCOS(C)(=O)=O)C1. The molecule has 1 unspecified atom stereocenters. The van der Waals surface area contributed by atoms with Crippen molar-refractivity contribution in [1.29, 1.82) is 0 Å². The van der Waals surface area contributed by atoms with Gasteiger partial charge in [0.1, 0.15) is 0 Å². The van der Waals surface area contributed by atoms with Gasteiger partial charge in [-0.1, -0.05) is 26.7 Å². The minimum absolute atomic E-state index is 0.342. The quantitative estimate of drug-likeness (QED) is 0.536. The largest absolute Gasteiger partial charge is 0.270 e. The lowest BCUT2D eigenvalue weighted by Crippen LogP contribution is -2.06. The molecule has 0 N–H and O–H groups in total. The van der Waals surface area contributed by atoms with Crippen molar-refractivity contribution in [3.8, 4) is 0 Å². The highest BCUT2D eigenvalue weighted by Gasteiger charge is 2.30. The second-order valence-corrected chi connectivity index (χ2v) is 7.44. The lowest BCUT2D eigenvalue weighted by atomic mass is 9.89. The van der Waals surface area contributed by atoms with Crippen LogP contribution in [0.2, 0.25) is 0 Å². The van der Waals surface area contributed by atoms with E-state index in [4.69, 9.17) is 4.18 Å². The number of unbranched alkanes of at least 4 members (excludes halogenated alkanes) is 1. The zero-order chi connectivity index (χ0) is 12.2. The van der Waals surface area contributed by atoms with E-state index in [2.05, 4.69) is 13.8 Å². The lowest BCUT2D eigenvalue weighted by molar-refractivity contribution is 0.300. The molecule has 0 amide bonds. The molecule has 96 valence electrons. The van der Waals surface area contributed by atoms with Crippen molar-refractivity contribution in [3.05, 3.63) is 0 Å². The van der Waals surface area contributed by atoms with Crippen molar-refractivity contribution in [3.63, 3.8) is 0 Å². The Labute approximate surface area is 99.7 Å². The van der Waals surface area contributed by atoms with E-state index >= 15 is 0 Å². The molecule has 1 aliphatic rings. The van der Waals surface area contributed by atoms with Crippen molar-refractivity contribution in [2.24, 2.45) is 11.3 Å². The predicted octanol–water partition coefficient (Wildman–Crippen LogP) is 2.96. The van der Waals surface area contributed by atoms with Gasteiger partial charge in [-0.25, -0.2) is 0 Å². The molecular formula is C12H24O3S. The van der Waals surface area contributed by atoms with Gasteiger partial charge >= 0.3 is 0 Å². The topological polar surface area (TPSA) is 43.4 Å². The zero-order valence-corrected chi connectivity index (χ0v) is 11.5. The van der Waals surface area contributed by atoms with E-state index in [1.54, 1.807) is 0 Å². The van der Waals surface area contributed by atoms with Crippen molar-refractivity contribution < 1.29 is 12.6 Å². The average Bonchev–Trinajstić information content (AvgIpc) is 2.43. The highest BCUT2D eigenvalue weighted by molar-refractivity contribution is 7.85. The third-order valence-electron chi connectivity index (χ3n) is 3.37. The van der Waals surface area contributed by atoms with Crippen LogP contribution < -0.4 is 0 Å². The first-order valence-electron chi connectivity index (χ1n) is 6.13. The third-order valence-corrected chi connectivity index (χ3v) is 3.97. The Hall–Kier alpha value is -0.0900. The van der Waals surface area contributed by atoms with Crippen LogP contribution in [0.15, 0.2) is 0 Å². The van der Waals surface area contributed by atoms with Crippen molar-refractivity contribution in [2.75, 3.05) is 12.9 Å². The molecule has 1 saturated carbocycles. The van der Waals surface area contributed by atoms with Crippen molar-refractivity contribution >= 4 is 10.1 Å². The minimum Gasteiger partial charge on any atom is -0.270 e. The molecule has 0 aromatic heterocycles. The molecule has 0 saturated heterocycles. The zero-order valence-electron chi connectivity index (χ0n) is 10.7. The Morgan fingerprint density at radius 1 is 1.31 bits per heavy atom. The maximum Gasteiger partial charge on any atom is 0.264 e. The highest BCUT2D eigenvalue weighted by Crippen LogP contribution is 2.42. The molecule has 0 spiro atoms. The van der Waals surface area contributed by atoms with E-state index in [0.29, 0.717) is 12.0 Å². The molecule has 1 fully saturated rings. The van der Waals surface area contributed by atoms with Gasteiger partial charge in [-0.2, -0.15) is 8.42 Å². The van der Waals surface area contributed by atoms with Crippen LogP contribution in [0.1, 0.15) is 52.4 Å². The summed E-state index contributed by atoms with van der Waals surface area (Å²) in [5.41, 5.74) is 0.522. The van der Waals surface area contributed by atoms with Gasteiger partial charge < -0.3 is 0 Å². The van der Waals surface area contributed by atoms with Crippen LogP contribution in [-0.2, 0) is 14.3 Å². The fraction of sp³-hybridized carbons (Fsp3) is 1.00. The van der Waals surface area contributed by atoms with Crippen LogP contribution >= 0.6 is 0 Å². The van der Waals surface area contributed by atoms with Crippen LogP contribution in [0.5, 0.6) is 0 Å². The first-order chi connectivity index (χ1) is 7.29. The fourth-order valence-corrected chi connectivity index (χ4v) is 2.99. The number of rotatable bonds is 6. The van der Waals surface area contributed by atoms with Gasteiger partial charge in [-0.05, 0) is 37.0 Å². The molecule has 3 nitrogen and oxygen atoms in total. The van der Waals surface area contributed by atoms with Gasteiger partial charge in [0, 0.05) is 0 Å². The van der Waals surface area contributed by atoms with Crippen LogP contribution in [0.4, 0.5) is 0 Å². The van der Waals surface area contributed by atoms with Crippen molar-refractivity contribution in [2.45, 2.75) is 52.4 Å². The molecule has 0 bridgehead atoms. The van der Waals surface area contributed by atoms with Crippen LogP contribution in [0, 0.1) is 11.3 Å². The summed E-state index contributed by atoms with van der Waals surface area (Å²) in [4.78, 5) is 0. The lowest BCUT2D eigenvalue weighted by Gasteiger charge is -2.16. The van der Waals surface area contributed by atoms with Gasteiger partial charge in [-0.15, -0.1) is 0 Å². The van der Waals surface area contributed by atoms with Crippen LogP contribution in [0.25, 0.3) is 0 Å². The van der Waals surface area contributed by atoms with Crippen LogP contribution in [-0.4, -0.2) is 21.3 Å². The summed E-state index contributed by atoms with van der Waals surface area (Å²) in [7, 11) is -3.24. The smallest absolute Gasteiger partial charge is 0.264 e. The Morgan fingerprint density at radius 3 is 2.50 bits per heavy atom. The summed E-state index contributed by atoms with van der Waals surface area (Å²) >= 11 is 0. The normalized spacial score (nSPS) is 24.8. The molecule has 1 rings (SSSR count). The maximum atomic E-state index is 10.7. The molecule has 0 radical (unpaired) electrons. The highest BCUT2D eigenvalue weighted by atomic mass is 32.2. The number of hydrogen-bond acceptors (Lipinski definition) is 3. The standard InChI is InChI=1S/C12H24O3S/c1-12(2)8-7-11(10-12)6-4-5-9-15-16(3,13)14/h11H,4-10H2,1-3H3. The first-order valence-corrected chi connectivity index (χ1v) is 7.95. The summed E-state index contributed by atoms with van der Waals surface area (Å²) in [6, 6.07) is 0. The summed E-state index contributed by atoms with van der Waals surface area (Å²) in [5, 5.41) is 0. The predicted molar refractivity (Wildman–Crippen MR) is 65.8 cm³/mol. The second kappa shape index (κ2) is 5.50. The summed E-state index contributed by atoms with van der Waals surface area (Å²) in [6.07, 6.45) is 8.24. The van der Waals surface area contributed by atoms with Gasteiger partial charge in [0.15, 0.2) is 0 Å². The molecule has 0 aliphatic heterocycles. The molecular weight excluding hydrogens is 224 g/mol. The van der Waals surface area contributed by atoms with Crippen LogP contribution in [0.3, 0.4) is 0 Å². The Bertz CT molecular complexity index is 306. The Kier molecular flexibility index (Phi) is 4.80. The molecule has 4 heteroatoms. The van der Waals surface area contributed by atoms with Crippen molar-refractivity contribution in [1.82, 2.24) is 0 Å². The van der Waals surface area contributed by atoms with Gasteiger partial charge in [0.2, 0.25) is 0 Å². The summed E-state index contributed by atoms with van der Waals surface area (Å²) in [6.45, 7) is 5.01. The van der Waals surface area contributed by atoms with E-state index in [1.165, 1.54) is 25.7 Å². The molecule has 0 aromatic rings. The molecule has 1 atom stereocenters.